The first kappa shape index (κ1) is 12.8. The van der Waals surface area contributed by atoms with Crippen LogP contribution in [-0.4, -0.2) is 34.5 Å². The minimum Gasteiger partial charge on any atom is -0.478 e. The van der Waals surface area contributed by atoms with Crippen molar-refractivity contribution in [2.24, 2.45) is 0 Å². The first-order chi connectivity index (χ1) is 8.97. The van der Waals surface area contributed by atoms with Crippen LogP contribution >= 0.6 is 0 Å². The van der Waals surface area contributed by atoms with Crippen LogP contribution in [0, 0.1) is 10.1 Å². The summed E-state index contributed by atoms with van der Waals surface area (Å²) in [6, 6.07) is 3.22. The highest BCUT2D eigenvalue weighted by Crippen LogP contribution is 2.27. The van der Waals surface area contributed by atoms with Crippen molar-refractivity contribution in [2.45, 2.75) is 12.5 Å². The van der Waals surface area contributed by atoms with Gasteiger partial charge in [0.05, 0.1) is 16.5 Å². The number of benzene rings is 1. The second kappa shape index (κ2) is 4.92. The zero-order chi connectivity index (χ0) is 14.0. The molecule has 1 aromatic rings. The summed E-state index contributed by atoms with van der Waals surface area (Å²) in [6.45, 7) is 0.354. The van der Waals surface area contributed by atoms with Gasteiger partial charge in [0.15, 0.2) is 0 Å². The Morgan fingerprint density at radius 1 is 1.53 bits per heavy atom. The number of hydrogen-bond acceptors (Lipinski definition) is 5. The summed E-state index contributed by atoms with van der Waals surface area (Å²) in [5.41, 5.74) is -0.166. The summed E-state index contributed by atoms with van der Waals surface area (Å²) >= 11 is 0. The third kappa shape index (κ3) is 2.79. The maximum Gasteiger partial charge on any atom is 0.335 e. The summed E-state index contributed by atoms with van der Waals surface area (Å²) in [7, 11) is 0. The number of carboxylic acid groups (broad SMARTS) is 1. The average Bonchev–Trinajstić information content (AvgIpc) is 2.74. The molecule has 0 aliphatic carbocycles. The number of aromatic carboxylic acids is 1. The number of hydrogen-bond donors (Lipinski definition) is 3. The molecule has 1 aromatic carbocycles. The molecule has 19 heavy (non-hydrogen) atoms. The normalized spacial score (nSPS) is 17.9. The zero-order valence-electron chi connectivity index (χ0n) is 9.75. The van der Waals surface area contributed by atoms with Crippen LogP contribution in [0.3, 0.4) is 0 Å². The van der Waals surface area contributed by atoms with Crippen LogP contribution in [0.1, 0.15) is 16.8 Å². The summed E-state index contributed by atoms with van der Waals surface area (Å²) in [4.78, 5) is 32.2. The molecule has 0 radical (unpaired) electrons. The number of rotatable bonds is 4. The van der Waals surface area contributed by atoms with E-state index in [9.17, 15) is 19.7 Å². The molecule has 3 N–H and O–H groups in total. The van der Waals surface area contributed by atoms with Gasteiger partial charge in [-0.25, -0.2) is 4.79 Å². The molecule has 1 atom stereocenters. The lowest BCUT2D eigenvalue weighted by Gasteiger charge is -2.12. The van der Waals surface area contributed by atoms with Crippen molar-refractivity contribution in [3.8, 4) is 0 Å². The summed E-state index contributed by atoms with van der Waals surface area (Å²) in [6.07, 6.45) is 0.203. The van der Waals surface area contributed by atoms with Gasteiger partial charge >= 0.3 is 5.97 Å². The number of nitrogens with zero attached hydrogens (tertiary/aromatic N) is 1. The minimum atomic E-state index is -1.17. The van der Waals surface area contributed by atoms with E-state index in [1.165, 1.54) is 12.1 Å². The van der Waals surface area contributed by atoms with E-state index in [0.29, 0.717) is 6.54 Å². The van der Waals surface area contributed by atoms with E-state index in [-0.39, 0.29) is 35.3 Å². The summed E-state index contributed by atoms with van der Waals surface area (Å²) < 4.78 is 0. The van der Waals surface area contributed by atoms with Gasteiger partial charge in [0.25, 0.3) is 5.69 Å². The van der Waals surface area contributed by atoms with Crippen LogP contribution in [0.5, 0.6) is 0 Å². The Balaban J connectivity index is 2.29. The van der Waals surface area contributed by atoms with Gasteiger partial charge in [-0.2, -0.15) is 0 Å². The smallest absolute Gasteiger partial charge is 0.335 e. The van der Waals surface area contributed by atoms with E-state index < -0.39 is 10.9 Å². The highest BCUT2D eigenvalue weighted by Gasteiger charge is 2.24. The molecule has 100 valence electrons. The van der Waals surface area contributed by atoms with Gasteiger partial charge in [-0.05, 0) is 12.1 Å². The molecule has 1 amide bonds. The Morgan fingerprint density at radius 2 is 2.26 bits per heavy atom. The van der Waals surface area contributed by atoms with Crippen LogP contribution in [0.15, 0.2) is 18.2 Å². The fourth-order valence-electron chi connectivity index (χ4n) is 1.87. The third-order valence-electron chi connectivity index (χ3n) is 2.78. The molecule has 1 fully saturated rings. The SMILES string of the molecule is O=C1CC(Nc2cc(C(=O)O)ccc2[N+](=O)[O-])CN1. The number of amides is 1. The summed E-state index contributed by atoms with van der Waals surface area (Å²) in [5, 5.41) is 25.2. The Hall–Kier alpha value is -2.64. The molecule has 1 unspecified atom stereocenters. The molecular weight excluding hydrogens is 254 g/mol. The molecule has 8 nitrogen and oxygen atoms in total. The monoisotopic (exact) mass is 265 g/mol. The molecule has 0 spiro atoms. The predicted octanol–water partition coefficient (Wildman–Crippen LogP) is 0.593. The van der Waals surface area contributed by atoms with Gasteiger partial charge in [-0.1, -0.05) is 0 Å². The van der Waals surface area contributed by atoms with Crippen molar-refractivity contribution in [1.29, 1.82) is 0 Å². The molecule has 0 aromatic heterocycles. The van der Waals surface area contributed by atoms with Crippen LogP contribution in [0.25, 0.3) is 0 Å². The molecule has 1 saturated heterocycles. The van der Waals surface area contributed by atoms with Gasteiger partial charge in [0.2, 0.25) is 5.91 Å². The van der Waals surface area contributed by atoms with Gasteiger partial charge in [-0.3, -0.25) is 14.9 Å². The topological polar surface area (TPSA) is 122 Å². The zero-order valence-corrected chi connectivity index (χ0v) is 9.75. The quantitative estimate of drug-likeness (QED) is 0.541. The average molecular weight is 265 g/mol. The lowest BCUT2D eigenvalue weighted by atomic mass is 10.1. The molecule has 8 heteroatoms. The first-order valence-electron chi connectivity index (χ1n) is 5.52. The van der Waals surface area contributed by atoms with E-state index in [1.807, 2.05) is 0 Å². The van der Waals surface area contributed by atoms with Gasteiger partial charge in [0, 0.05) is 19.0 Å². The van der Waals surface area contributed by atoms with Crippen molar-refractivity contribution < 1.29 is 19.6 Å². The maximum atomic E-state index is 11.1. The molecule has 1 heterocycles. The number of carbonyl (C=O) groups excluding carboxylic acids is 1. The number of carboxylic acids is 1. The van der Waals surface area contributed by atoms with Crippen LogP contribution in [0.4, 0.5) is 11.4 Å². The van der Waals surface area contributed by atoms with Gasteiger partial charge < -0.3 is 15.7 Å². The number of carbonyl (C=O) groups is 2. The molecular formula is C11H11N3O5. The molecule has 2 rings (SSSR count). The molecule has 0 bridgehead atoms. The number of nitro groups is 1. The van der Waals surface area contributed by atoms with Crippen molar-refractivity contribution in [3.05, 3.63) is 33.9 Å². The number of anilines is 1. The Morgan fingerprint density at radius 3 is 2.79 bits per heavy atom. The van der Waals surface area contributed by atoms with Crippen molar-refractivity contribution >= 4 is 23.3 Å². The third-order valence-corrected chi connectivity index (χ3v) is 2.78. The minimum absolute atomic E-state index is 0.0506. The number of nitrogens with one attached hydrogen (secondary N) is 2. The van der Waals surface area contributed by atoms with E-state index >= 15 is 0 Å². The largest absolute Gasteiger partial charge is 0.478 e. The van der Waals surface area contributed by atoms with Gasteiger partial charge in [-0.15, -0.1) is 0 Å². The van der Waals surface area contributed by atoms with Crippen LogP contribution in [-0.2, 0) is 4.79 Å². The second-order valence-corrected chi connectivity index (χ2v) is 4.14. The predicted molar refractivity (Wildman–Crippen MR) is 65.1 cm³/mol. The van der Waals surface area contributed by atoms with Crippen LogP contribution in [0.2, 0.25) is 0 Å². The molecule has 1 aliphatic rings. The summed E-state index contributed by atoms with van der Waals surface area (Å²) in [5.74, 6) is -1.31. The van der Waals surface area contributed by atoms with E-state index in [1.54, 1.807) is 0 Å². The van der Waals surface area contributed by atoms with Gasteiger partial charge in [0.1, 0.15) is 5.69 Å². The standard InChI is InChI=1S/C11H11N3O5/c15-10-4-7(5-12-10)13-8-3-6(11(16)17)1-2-9(8)14(18)19/h1-3,7,13H,4-5H2,(H,12,15)(H,16,17). The fraction of sp³-hybridized carbons (Fsp3) is 0.273. The Labute approximate surface area is 107 Å². The van der Waals surface area contributed by atoms with Crippen molar-refractivity contribution in [3.63, 3.8) is 0 Å². The Bertz CT molecular complexity index is 557. The van der Waals surface area contributed by atoms with E-state index in [0.717, 1.165) is 6.07 Å². The lowest BCUT2D eigenvalue weighted by molar-refractivity contribution is -0.384. The van der Waals surface area contributed by atoms with Crippen molar-refractivity contribution in [2.75, 3.05) is 11.9 Å². The second-order valence-electron chi connectivity index (χ2n) is 4.14. The lowest BCUT2D eigenvalue weighted by Crippen LogP contribution is -2.23. The van der Waals surface area contributed by atoms with E-state index in [4.69, 9.17) is 5.11 Å². The Kier molecular flexibility index (Phi) is 3.32. The molecule has 0 saturated carbocycles. The highest BCUT2D eigenvalue weighted by molar-refractivity contribution is 5.90. The van der Waals surface area contributed by atoms with Crippen molar-refractivity contribution in [1.82, 2.24) is 5.32 Å². The molecule has 1 aliphatic heterocycles. The first-order valence-corrected chi connectivity index (χ1v) is 5.52. The number of nitro benzene ring substituents is 1. The van der Waals surface area contributed by atoms with Crippen LogP contribution < -0.4 is 10.6 Å². The highest BCUT2D eigenvalue weighted by atomic mass is 16.6. The fourth-order valence-corrected chi connectivity index (χ4v) is 1.87. The maximum absolute atomic E-state index is 11.1. The van der Waals surface area contributed by atoms with E-state index in [2.05, 4.69) is 10.6 Å².